The van der Waals surface area contributed by atoms with Crippen molar-refractivity contribution in [3.8, 4) is 17.2 Å². The van der Waals surface area contributed by atoms with E-state index in [1.54, 1.807) is 7.11 Å². The van der Waals surface area contributed by atoms with Crippen LogP contribution in [-0.2, 0) is 6.42 Å². The Morgan fingerprint density at radius 2 is 2.05 bits per heavy atom. The number of aromatic nitrogens is 1. The first-order valence-electron chi connectivity index (χ1n) is 6.46. The lowest BCUT2D eigenvalue weighted by Gasteiger charge is -2.10. The van der Waals surface area contributed by atoms with E-state index in [0.717, 1.165) is 28.0 Å². The number of nitrogens with zero attached hydrogens (tertiary/aromatic N) is 1. The molecule has 3 nitrogen and oxygen atoms in total. The smallest absolute Gasteiger partial charge is 0.227 e. The van der Waals surface area contributed by atoms with Crippen LogP contribution in [0.2, 0.25) is 0 Å². The van der Waals surface area contributed by atoms with Crippen LogP contribution in [0.5, 0.6) is 5.75 Å². The van der Waals surface area contributed by atoms with Crippen LogP contribution in [0.15, 0.2) is 59.5 Å². The summed E-state index contributed by atoms with van der Waals surface area (Å²) in [4.78, 5) is 4.54. The highest BCUT2D eigenvalue weighted by atomic mass is 16.5. The van der Waals surface area contributed by atoms with Crippen molar-refractivity contribution in [2.75, 3.05) is 7.11 Å². The number of oxazole rings is 1. The molecule has 0 radical (unpaired) electrons. The molecule has 2 aromatic carbocycles. The van der Waals surface area contributed by atoms with Crippen molar-refractivity contribution in [2.45, 2.75) is 6.42 Å². The van der Waals surface area contributed by atoms with Gasteiger partial charge in [0.05, 0.1) is 7.11 Å². The van der Waals surface area contributed by atoms with E-state index in [1.165, 1.54) is 0 Å². The molecule has 0 aliphatic carbocycles. The summed E-state index contributed by atoms with van der Waals surface area (Å²) in [5.74, 6) is 1.44. The van der Waals surface area contributed by atoms with E-state index < -0.39 is 0 Å². The molecule has 0 spiro atoms. The number of hydrogen-bond acceptors (Lipinski definition) is 3. The molecular weight excluding hydrogens is 250 g/mol. The zero-order chi connectivity index (χ0) is 13.9. The second-order valence-electron chi connectivity index (χ2n) is 4.47. The molecule has 0 bridgehead atoms. The fourth-order valence-electron chi connectivity index (χ4n) is 2.30. The number of methoxy groups -OCH3 is 1. The molecule has 1 heterocycles. The molecule has 0 atom stereocenters. The van der Waals surface area contributed by atoms with Crippen LogP contribution in [0.4, 0.5) is 0 Å². The van der Waals surface area contributed by atoms with Gasteiger partial charge in [0.1, 0.15) is 11.3 Å². The lowest BCUT2D eigenvalue weighted by Crippen LogP contribution is -1.94. The summed E-state index contributed by atoms with van der Waals surface area (Å²) in [5, 5.41) is 0. The Morgan fingerprint density at radius 1 is 1.20 bits per heavy atom. The first-order valence-corrected chi connectivity index (χ1v) is 6.46. The Morgan fingerprint density at radius 3 is 2.80 bits per heavy atom. The summed E-state index contributed by atoms with van der Waals surface area (Å²) in [6.45, 7) is 3.80. The fraction of sp³-hybridized carbons (Fsp3) is 0.118. The number of fused-ring (bicyclic) bond motifs is 1. The minimum absolute atomic E-state index is 0.613. The predicted octanol–water partition coefficient (Wildman–Crippen LogP) is 4.23. The molecule has 3 rings (SSSR count). The summed E-state index contributed by atoms with van der Waals surface area (Å²) in [7, 11) is 1.66. The molecule has 0 amide bonds. The minimum Gasteiger partial charge on any atom is -0.496 e. The highest BCUT2D eigenvalue weighted by Crippen LogP contribution is 2.32. The maximum absolute atomic E-state index is 5.84. The molecular formula is C17H15NO2. The number of para-hydroxylation sites is 2. The average molecular weight is 265 g/mol. The molecule has 100 valence electrons. The lowest BCUT2D eigenvalue weighted by molar-refractivity contribution is 0.410. The third-order valence-electron chi connectivity index (χ3n) is 3.23. The van der Waals surface area contributed by atoms with Gasteiger partial charge in [-0.05, 0) is 30.7 Å². The van der Waals surface area contributed by atoms with Crippen molar-refractivity contribution >= 4 is 11.1 Å². The number of ether oxygens (including phenoxy) is 1. The Labute approximate surface area is 117 Å². The fourth-order valence-corrected chi connectivity index (χ4v) is 2.30. The van der Waals surface area contributed by atoms with E-state index in [4.69, 9.17) is 9.15 Å². The molecule has 1 aromatic heterocycles. The Hall–Kier alpha value is -2.55. The first-order chi connectivity index (χ1) is 9.83. The van der Waals surface area contributed by atoms with E-state index in [9.17, 15) is 0 Å². The summed E-state index contributed by atoms with van der Waals surface area (Å²) >= 11 is 0. The second kappa shape index (κ2) is 5.21. The van der Waals surface area contributed by atoms with Crippen LogP contribution in [0.3, 0.4) is 0 Å². The molecule has 20 heavy (non-hydrogen) atoms. The van der Waals surface area contributed by atoms with Crippen molar-refractivity contribution in [1.82, 2.24) is 4.98 Å². The monoisotopic (exact) mass is 265 g/mol. The molecule has 0 fully saturated rings. The van der Waals surface area contributed by atoms with Gasteiger partial charge in [0, 0.05) is 11.1 Å². The molecule has 0 unspecified atom stereocenters. The molecule has 0 saturated heterocycles. The quantitative estimate of drug-likeness (QED) is 0.662. The normalized spacial score (nSPS) is 10.7. The molecule has 0 aliphatic heterocycles. The third kappa shape index (κ3) is 2.07. The Balaban J connectivity index is 2.19. The van der Waals surface area contributed by atoms with Gasteiger partial charge < -0.3 is 9.15 Å². The number of allylic oxidation sites excluding steroid dienone is 1. The van der Waals surface area contributed by atoms with Gasteiger partial charge in [-0.1, -0.05) is 24.3 Å². The van der Waals surface area contributed by atoms with Crippen LogP contribution in [0.1, 0.15) is 5.56 Å². The minimum atomic E-state index is 0.613. The molecule has 3 aromatic rings. The molecule has 0 aliphatic rings. The summed E-state index contributed by atoms with van der Waals surface area (Å²) in [5.41, 5.74) is 3.63. The summed E-state index contributed by atoms with van der Waals surface area (Å²) in [6, 6.07) is 13.6. The predicted molar refractivity (Wildman–Crippen MR) is 79.9 cm³/mol. The van der Waals surface area contributed by atoms with Crippen LogP contribution >= 0.6 is 0 Å². The number of rotatable bonds is 4. The summed E-state index contributed by atoms with van der Waals surface area (Å²) < 4.78 is 11.3. The topological polar surface area (TPSA) is 35.3 Å². The van der Waals surface area contributed by atoms with Crippen molar-refractivity contribution < 1.29 is 9.15 Å². The Bertz CT molecular complexity index is 726. The van der Waals surface area contributed by atoms with E-state index in [-0.39, 0.29) is 0 Å². The largest absolute Gasteiger partial charge is 0.496 e. The van der Waals surface area contributed by atoms with E-state index in [0.29, 0.717) is 12.3 Å². The lowest BCUT2D eigenvalue weighted by atomic mass is 10.0. The molecule has 0 saturated carbocycles. The van der Waals surface area contributed by atoms with Crippen LogP contribution < -0.4 is 4.74 Å². The third-order valence-corrected chi connectivity index (χ3v) is 3.23. The number of benzene rings is 2. The van der Waals surface area contributed by atoms with E-state index in [1.807, 2.05) is 48.5 Å². The zero-order valence-electron chi connectivity index (χ0n) is 11.3. The van der Waals surface area contributed by atoms with Crippen molar-refractivity contribution in [2.24, 2.45) is 0 Å². The second-order valence-corrected chi connectivity index (χ2v) is 4.47. The molecule has 0 N–H and O–H groups in total. The maximum atomic E-state index is 5.84. The number of hydrogen-bond donors (Lipinski definition) is 0. The van der Waals surface area contributed by atoms with Crippen molar-refractivity contribution in [1.29, 1.82) is 0 Å². The van der Waals surface area contributed by atoms with Gasteiger partial charge in [-0.15, -0.1) is 6.58 Å². The van der Waals surface area contributed by atoms with E-state index >= 15 is 0 Å². The average Bonchev–Trinajstić information content (AvgIpc) is 2.91. The highest BCUT2D eigenvalue weighted by Gasteiger charge is 2.14. The molecule has 3 heteroatoms. The Kier molecular flexibility index (Phi) is 3.25. The van der Waals surface area contributed by atoms with Crippen molar-refractivity contribution in [3.05, 3.63) is 60.7 Å². The SMILES string of the molecule is C=CCc1c(OC)cccc1-c1nc2ccccc2o1. The van der Waals surface area contributed by atoms with Gasteiger partial charge in [0.15, 0.2) is 5.58 Å². The summed E-state index contributed by atoms with van der Waals surface area (Å²) in [6.07, 6.45) is 2.56. The van der Waals surface area contributed by atoms with Gasteiger partial charge in [0.25, 0.3) is 0 Å². The van der Waals surface area contributed by atoms with Crippen LogP contribution in [-0.4, -0.2) is 12.1 Å². The van der Waals surface area contributed by atoms with Crippen LogP contribution in [0, 0.1) is 0 Å². The highest BCUT2D eigenvalue weighted by molar-refractivity contribution is 5.77. The van der Waals surface area contributed by atoms with Gasteiger partial charge in [0.2, 0.25) is 5.89 Å². The maximum Gasteiger partial charge on any atom is 0.227 e. The van der Waals surface area contributed by atoms with Crippen molar-refractivity contribution in [3.63, 3.8) is 0 Å². The zero-order valence-corrected chi connectivity index (χ0v) is 11.3. The van der Waals surface area contributed by atoms with Gasteiger partial charge >= 0.3 is 0 Å². The van der Waals surface area contributed by atoms with Gasteiger partial charge in [-0.25, -0.2) is 4.98 Å². The van der Waals surface area contributed by atoms with Gasteiger partial charge in [-0.2, -0.15) is 0 Å². The first kappa shape index (κ1) is 12.5. The van der Waals surface area contributed by atoms with E-state index in [2.05, 4.69) is 11.6 Å². The van der Waals surface area contributed by atoms with Gasteiger partial charge in [-0.3, -0.25) is 0 Å². The van der Waals surface area contributed by atoms with Crippen LogP contribution in [0.25, 0.3) is 22.6 Å². The standard InChI is InChI=1S/C17H15NO2/c1-3-7-12-13(8-6-11-15(12)19-2)17-18-14-9-4-5-10-16(14)20-17/h3-6,8-11H,1,7H2,2H3.